The first kappa shape index (κ1) is 16.1. The minimum absolute atomic E-state index is 0.597. The molecule has 0 aliphatic carbocycles. The molecule has 0 nitrogen and oxygen atoms in total. The zero-order valence-corrected chi connectivity index (χ0v) is 14.6. The van der Waals surface area contributed by atoms with E-state index in [0.29, 0.717) is 5.92 Å². The molecule has 0 unspecified atom stereocenters. The molecular formula is C21H30. The van der Waals surface area contributed by atoms with Crippen LogP contribution in [0, 0.1) is 19.8 Å². The Morgan fingerprint density at radius 2 is 1.57 bits per heavy atom. The second kappa shape index (κ2) is 6.64. The number of rotatable bonds is 5. The lowest BCUT2D eigenvalue weighted by Crippen LogP contribution is -1.97. The summed E-state index contributed by atoms with van der Waals surface area (Å²) in [6, 6.07) is 9.45. The molecule has 2 aromatic carbocycles. The van der Waals surface area contributed by atoms with Crippen molar-refractivity contribution in [2.45, 2.75) is 66.7 Å². The zero-order chi connectivity index (χ0) is 15.6. The number of hydrogen-bond donors (Lipinski definition) is 0. The van der Waals surface area contributed by atoms with E-state index in [2.05, 4.69) is 65.8 Å². The summed E-state index contributed by atoms with van der Waals surface area (Å²) in [5.74, 6) is 1.40. The molecule has 0 heteroatoms. The maximum Gasteiger partial charge on any atom is -0.0146 e. The molecule has 114 valence electrons. The highest BCUT2D eigenvalue weighted by molar-refractivity contribution is 5.90. The second-order valence-electron chi connectivity index (χ2n) is 7.23. The SMILES string of the molecule is Cc1cc(C)c2cc(C(C)C)ccc2c1CCCC(C)C. The largest absolute Gasteiger partial charge is 0.0628 e. The third-order valence-corrected chi connectivity index (χ3v) is 4.58. The fourth-order valence-electron chi connectivity index (χ4n) is 3.23. The molecule has 0 spiro atoms. The van der Waals surface area contributed by atoms with Crippen LogP contribution in [0.15, 0.2) is 24.3 Å². The number of hydrogen-bond acceptors (Lipinski definition) is 0. The molecule has 21 heavy (non-hydrogen) atoms. The van der Waals surface area contributed by atoms with E-state index in [1.54, 1.807) is 5.56 Å². The number of benzene rings is 2. The molecule has 2 aromatic rings. The Labute approximate surface area is 130 Å². The summed E-state index contributed by atoms with van der Waals surface area (Å²) >= 11 is 0. The average Bonchev–Trinajstić information content (AvgIpc) is 2.41. The Morgan fingerprint density at radius 3 is 2.19 bits per heavy atom. The van der Waals surface area contributed by atoms with Crippen LogP contribution in [0.1, 0.15) is 68.7 Å². The highest BCUT2D eigenvalue weighted by Gasteiger charge is 2.10. The van der Waals surface area contributed by atoms with Crippen molar-refractivity contribution >= 4 is 10.8 Å². The van der Waals surface area contributed by atoms with Crippen LogP contribution in [0.3, 0.4) is 0 Å². The average molecular weight is 282 g/mol. The number of aryl methyl sites for hydroxylation is 3. The molecule has 0 N–H and O–H groups in total. The van der Waals surface area contributed by atoms with E-state index in [1.807, 2.05) is 0 Å². The van der Waals surface area contributed by atoms with Gasteiger partial charge in [-0.25, -0.2) is 0 Å². The maximum atomic E-state index is 2.40. The lowest BCUT2D eigenvalue weighted by Gasteiger charge is -2.16. The van der Waals surface area contributed by atoms with E-state index in [4.69, 9.17) is 0 Å². The monoisotopic (exact) mass is 282 g/mol. The van der Waals surface area contributed by atoms with E-state index >= 15 is 0 Å². The summed E-state index contributed by atoms with van der Waals surface area (Å²) in [5.41, 5.74) is 5.88. The second-order valence-corrected chi connectivity index (χ2v) is 7.23. The van der Waals surface area contributed by atoms with Crippen LogP contribution in [0.5, 0.6) is 0 Å². The van der Waals surface area contributed by atoms with Gasteiger partial charge >= 0.3 is 0 Å². The molecule has 0 fully saturated rings. The van der Waals surface area contributed by atoms with Crippen molar-refractivity contribution in [3.8, 4) is 0 Å². The summed E-state index contributed by atoms with van der Waals surface area (Å²) in [6.45, 7) is 13.7. The molecule has 2 rings (SSSR count). The Hall–Kier alpha value is -1.30. The van der Waals surface area contributed by atoms with Crippen LogP contribution in [-0.2, 0) is 6.42 Å². The van der Waals surface area contributed by atoms with Gasteiger partial charge in [0.05, 0.1) is 0 Å². The highest BCUT2D eigenvalue weighted by atomic mass is 14.1. The first-order valence-electron chi connectivity index (χ1n) is 8.43. The van der Waals surface area contributed by atoms with Crippen molar-refractivity contribution in [3.05, 3.63) is 46.5 Å². The van der Waals surface area contributed by atoms with E-state index in [0.717, 1.165) is 5.92 Å². The van der Waals surface area contributed by atoms with Gasteiger partial charge in [0.25, 0.3) is 0 Å². The molecule has 0 amide bonds. The molecule has 0 radical (unpaired) electrons. The van der Waals surface area contributed by atoms with Gasteiger partial charge < -0.3 is 0 Å². The molecule has 0 aliphatic heterocycles. The van der Waals surface area contributed by atoms with Crippen molar-refractivity contribution < 1.29 is 0 Å². The van der Waals surface area contributed by atoms with Gasteiger partial charge in [0, 0.05) is 0 Å². The Kier molecular flexibility index (Phi) is 5.08. The zero-order valence-electron chi connectivity index (χ0n) is 14.6. The maximum absolute atomic E-state index is 2.40. The van der Waals surface area contributed by atoms with Crippen LogP contribution < -0.4 is 0 Å². The lowest BCUT2D eigenvalue weighted by atomic mass is 9.89. The minimum Gasteiger partial charge on any atom is -0.0628 e. The Morgan fingerprint density at radius 1 is 0.857 bits per heavy atom. The number of fused-ring (bicyclic) bond motifs is 1. The normalized spacial score (nSPS) is 11.8. The van der Waals surface area contributed by atoms with Crippen molar-refractivity contribution in [1.82, 2.24) is 0 Å². The van der Waals surface area contributed by atoms with Crippen molar-refractivity contribution in [1.29, 1.82) is 0 Å². The molecule has 0 aliphatic rings. The van der Waals surface area contributed by atoms with Crippen molar-refractivity contribution in [2.24, 2.45) is 5.92 Å². The molecule has 0 saturated heterocycles. The highest BCUT2D eigenvalue weighted by Crippen LogP contribution is 2.30. The first-order chi connectivity index (χ1) is 9.90. The van der Waals surface area contributed by atoms with Crippen molar-refractivity contribution in [2.75, 3.05) is 0 Å². The summed E-state index contributed by atoms with van der Waals surface area (Å²) in [6.07, 6.45) is 3.82. The Bertz CT molecular complexity index is 617. The van der Waals surface area contributed by atoms with Crippen molar-refractivity contribution in [3.63, 3.8) is 0 Å². The molecule has 0 heterocycles. The molecule has 0 atom stereocenters. The topological polar surface area (TPSA) is 0 Å². The summed E-state index contributed by atoms with van der Waals surface area (Å²) in [4.78, 5) is 0. The smallest absolute Gasteiger partial charge is 0.0146 e. The van der Waals surface area contributed by atoms with E-state index in [-0.39, 0.29) is 0 Å². The third kappa shape index (κ3) is 3.67. The molecule has 0 saturated carbocycles. The molecule has 0 bridgehead atoms. The predicted octanol–water partition coefficient (Wildman–Crippen LogP) is 6.56. The van der Waals surface area contributed by atoms with E-state index in [1.165, 1.54) is 46.7 Å². The van der Waals surface area contributed by atoms with Gasteiger partial charge in [-0.15, -0.1) is 0 Å². The minimum atomic E-state index is 0.597. The van der Waals surface area contributed by atoms with Crippen LogP contribution >= 0.6 is 0 Å². The van der Waals surface area contributed by atoms with Gasteiger partial charge in [0.2, 0.25) is 0 Å². The van der Waals surface area contributed by atoms with Gasteiger partial charge in [-0.2, -0.15) is 0 Å². The third-order valence-electron chi connectivity index (χ3n) is 4.58. The standard InChI is InChI=1S/C21H30/c1-14(2)8-7-9-19-16(5)12-17(6)21-13-18(15(3)4)10-11-20(19)21/h10-15H,7-9H2,1-6H3. The summed E-state index contributed by atoms with van der Waals surface area (Å²) in [7, 11) is 0. The molecule has 0 aromatic heterocycles. The quantitative estimate of drug-likeness (QED) is 0.582. The first-order valence-corrected chi connectivity index (χ1v) is 8.43. The van der Waals surface area contributed by atoms with Gasteiger partial charge in [0.1, 0.15) is 0 Å². The molecular weight excluding hydrogens is 252 g/mol. The van der Waals surface area contributed by atoms with Gasteiger partial charge in [0.15, 0.2) is 0 Å². The van der Waals surface area contributed by atoms with Gasteiger partial charge in [-0.3, -0.25) is 0 Å². The van der Waals surface area contributed by atoms with Crippen LogP contribution in [0.25, 0.3) is 10.8 Å². The van der Waals surface area contributed by atoms with Crippen LogP contribution in [-0.4, -0.2) is 0 Å². The van der Waals surface area contributed by atoms with Crippen LogP contribution in [0.4, 0.5) is 0 Å². The lowest BCUT2D eigenvalue weighted by molar-refractivity contribution is 0.556. The van der Waals surface area contributed by atoms with Gasteiger partial charge in [-0.1, -0.05) is 58.4 Å². The van der Waals surface area contributed by atoms with Crippen LogP contribution in [0.2, 0.25) is 0 Å². The fraction of sp³-hybridized carbons (Fsp3) is 0.524. The van der Waals surface area contributed by atoms with E-state index < -0.39 is 0 Å². The summed E-state index contributed by atoms with van der Waals surface area (Å²) in [5, 5.41) is 2.92. The summed E-state index contributed by atoms with van der Waals surface area (Å²) < 4.78 is 0. The van der Waals surface area contributed by atoms with E-state index in [9.17, 15) is 0 Å². The Balaban J connectivity index is 2.44. The predicted molar refractivity (Wildman–Crippen MR) is 95.3 cm³/mol. The van der Waals surface area contributed by atoms with Gasteiger partial charge in [-0.05, 0) is 71.6 Å². The fourth-order valence-corrected chi connectivity index (χ4v) is 3.23.